The van der Waals surface area contributed by atoms with Crippen LogP contribution in [-0.4, -0.2) is 38.2 Å². The van der Waals surface area contributed by atoms with Crippen LogP contribution < -0.4 is 0 Å². The topological polar surface area (TPSA) is 71.3 Å². The Kier molecular flexibility index (Phi) is 17.6. The highest BCUT2D eigenvalue weighted by molar-refractivity contribution is 6.19. The fraction of sp³-hybridized carbons (Fsp3) is 0.0345. The zero-order chi connectivity index (χ0) is 82.6. The van der Waals surface area contributed by atoms with Crippen molar-refractivity contribution >= 4 is 43.6 Å². The fourth-order valence-electron chi connectivity index (χ4n) is 20.5. The lowest BCUT2D eigenvalue weighted by Crippen LogP contribution is -2.02. The van der Waals surface area contributed by atoms with E-state index in [0.29, 0.717) is 5.95 Å². The fourth-order valence-corrected chi connectivity index (χ4v) is 20.5. The van der Waals surface area contributed by atoms with E-state index in [1.54, 1.807) is 12.4 Å². The smallest absolute Gasteiger partial charge is 0.234 e. The summed E-state index contributed by atoms with van der Waals surface area (Å²) in [7, 11) is 0. The molecule has 0 fully saturated rings. The standard InChI is InChI=1S/C33H23N.C32H22N2.C26H18N2.C25H17N3/c1-22-32-29-18-8-7-16-27(29)26-15-5-6-17-28(26)30-19-10-20-31(33(30)32)34(22)25-14-9-13-24(21-25)23-11-3-2-4-12-23;1-21-31-26-16-8-7-14-24(26)23-13-5-6-15-25(23)27-17-9-19-29(32(27)31)34(21)30-20-10-18-28(33-30)22-11-3-2-4-12-22;1-17-25-21-12-5-4-10-19(21)18-9-2-3-11-20(18)22-13-8-14-23(26(22)25)28(17)24-15-6-7-16-27-24;1-16-23-20-11-5-4-9-18(20)17-8-2-3-10-19(17)21-12-6-13-22(24(21)23)28(16)25-26-14-7-15-27-25/h2-21H,1H3;2-20H,1H3;2-16H,1H3;2-15H,1H3. The number of hydrogen-bond donors (Lipinski definition) is 0. The molecule has 8 nitrogen and oxygen atoms in total. The second-order valence-electron chi connectivity index (χ2n) is 32.2. The molecule has 4 aliphatic rings. The molecule has 124 heavy (non-hydrogen) atoms. The molecule has 584 valence electrons. The number of benzene rings is 15. The molecular weight excluding hydrogens is 1510 g/mol. The second-order valence-corrected chi connectivity index (χ2v) is 32.2. The molecule has 0 N–H and O–H groups in total. The van der Waals surface area contributed by atoms with E-state index in [9.17, 15) is 0 Å². The molecule has 0 spiro atoms. The summed E-state index contributed by atoms with van der Waals surface area (Å²) < 4.78 is 9.23. The summed E-state index contributed by atoms with van der Waals surface area (Å²) in [6.45, 7) is 8.87. The first-order valence-corrected chi connectivity index (χ1v) is 42.5. The Morgan fingerprint density at radius 1 is 0.185 bits per heavy atom. The van der Waals surface area contributed by atoms with E-state index in [1.165, 1.54) is 206 Å². The summed E-state index contributed by atoms with van der Waals surface area (Å²) in [6.07, 6.45) is 5.46. The predicted octanol–water partition coefficient (Wildman–Crippen LogP) is 29.9. The van der Waals surface area contributed by atoms with Gasteiger partial charge in [0.2, 0.25) is 5.95 Å². The summed E-state index contributed by atoms with van der Waals surface area (Å²) in [6, 6.07) is 141. The van der Waals surface area contributed by atoms with Crippen LogP contribution in [0.1, 0.15) is 22.8 Å². The van der Waals surface area contributed by atoms with Crippen molar-refractivity contribution in [1.29, 1.82) is 0 Å². The predicted molar refractivity (Wildman–Crippen MR) is 514 cm³/mol. The van der Waals surface area contributed by atoms with Crippen molar-refractivity contribution in [3.8, 4) is 179 Å². The van der Waals surface area contributed by atoms with Crippen molar-refractivity contribution in [2.75, 3.05) is 0 Å². The van der Waals surface area contributed by atoms with Crippen LogP contribution in [0, 0.1) is 27.7 Å². The Bertz CT molecular complexity index is 7550. The van der Waals surface area contributed by atoms with E-state index in [-0.39, 0.29) is 0 Å². The lowest BCUT2D eigenvalue weighted by atomic mass is 9.94. The molecule has 0 saturated heterocycles. The molecule has 15 aromatic carbocycles. The average molecular weight is 1590 g/mol. The van der Waals surface area contributed by atoms with Crippen LogP contribution in [0.5, 0.6) is 0 Å². The summed E-state index contributed by atoms with van der Waals surface area (Å²) in [5.74, 6) is 2.61. The minimum absolute atomic E-state index is 0.708. The number of pyridine rings is 2. The van der Waals surface area contributed by atoms with Gasteiger partial charge >= 0.3 is 0 Å². The highest BCUT2D eigenvalue weighted by atomic mass is 15.2. The number of nitrogens with zero attached hydrogens (tertiary/aromatic N) is 8. The van der Waals surface area contributed by atoms with Gasteiger partial charge in [0.15, 0.2) is 0 Å². The highest BCUT2D eigenvalue weighted by Crippen LogP contribution is 2.56. The first-order chi connectivity index (χ1) is 61.3. The van der Waals surface area contributed by atoms with E-state index < -0.39 is 0 Å². The molecule has 26 rings (SSSR count). The van der Waals surface area contributed by atoms with Crippen LogP contribution in [0.25, 0.3) is 223 Å². The Labute approximate surface area is 719 Å². The molecule has 0 aliphatic heterocycles. The van der Waals surface area contributed by atoms with Crippen LogP contribution in [0.15, 0.2) is 413 Å². The van der Waals surface area contributed by atoms with Gasteiger partial charge < -0.3 is 4.57 Å². The maximum absolute atomic E-state index is 5.11. The third-order valence-corrected chi connectivity index (χ3v) is 25.6. The maximum atomic E-state index is 5.11. The summed E-state index contributed by atoms with van der Waals surface area (Å²) in [5, 5.41) is 5.21. The summed E-state index contributed by atoms with van der Waals surface area (Å²) in [4.78, 5) is 18.8. The Balaban J connectivity index is 0.0000000959. The second kappa shape index (κ2) is 30.0. The van der Waals surface area contributed by atoms with Gasteiger partial charge in [-0.05, 0) is 217 Å². The van der Waals surface area contributed by atoms with Gasteiger partial charge in [-0.3, -0.25) is 13.7 Å². The SMILES string of the molecule is Cc1c2c3c(cccc3n1-c1cccc(-c3ccccc3)c1)-c1ccccc1-c1ccccc1-2.Cc1c2c3c(cccc3n1-c1cccc(-c3ccccc3)n1)-c1ccccc1-c1ccccc1-2.Cc1c2c3c(cccc3n1-c1ccccn1)-c1ccccc1-c1ccccc1-2.Cc1c2c3c(cccc3n1-c1ncccn1)-c1ccccc1-c1ccccc1-2. The van der Waals surface area contributed by atoms with Gasteiger partial charge in [0, 0.05) is 96.4 Å². The third kappa shape index (κ3) is 11.7. The Morgan fingerprint density at radius 2 is 0.460 bits per heavy atom. The van der Waals surface area contributed by atoms with Crippen molar-refractivity contribution in [2.24, 2.45) is 0 Å². The molecule has 0 bridgehead atoms. The van der Waals surface area contributed by atoms with E-state index in [0.717, 1.165) is 34.1 Å². The molecule has 0 amide bonds. The molecule has 0 atom stereocenters. The van der Waals surface area contributed by atoms with Gasteiger partial charge in [-0.15, -0.1) is 0 Å². The van der Waals surface area contributed by atoms with Gasteiger partial charge in [-0.2, -0.15) is 0 Å². The monoisotopic (exact) mass is 1580 g/mol. The van der Waals surface area contributed by atoms with Gasteiger partial charge in [-0.1, -0.05) is 328 Å². The van der Waals surface area contributed by atoms with Crippen molar-refractivity contribution in [1.82, 2.24) is 38.2 Å². The van der Waals surface area contributed by atoms with E-state index in [1.807, 2.05) is 30.5 Å². The average Bonchev–Trinajstić information content (AvgIpc) is 1.58. The van der Waals surface area contributed by atoms with E-state index >= 15 is 0 Å². The van der Waals surface area contributed by atoms with Crippen molar-refractivity contribution < 1.29 is 0 Å². The molecule has 0 radical (unpaired) electrons. The molecule has 4 aliphatic carbocycles. The van der Waals surface area contributed by atoms with Crippen LogP contribution in [0.3, 0.4) is 0 Å². The number of fused-ring (bicyclic) bond motifs is 20. The summed E-state index contributed by atoms with van der Waals surface area (Å²) >= 11 is 0. The molecule has 7 heterocycles. The molecule has 0 unspecified atom stereocenters. The minimum Gasteiger partial charge on any atom is -0.313 e. The van der Waals surface area contributed by atoms with Gasteiger partial charge in [0.1, 0.15) is 11.6 Å². The third-order valence-electron chi connectivity index (χ3n) is 25.6. The molecule has 22 aromatic rings. The molecular formula is C116H80N8. The first kappa shape index (κ1) is 73.0. The molecule has 7 aromatic heterocycles. The summed E-state index contributed by atoms with van der Waals surface area (Å²) in [5.41, 5.74) is 46.3. The highest BCUT2D eigenvalue weighted by Gasteiger charge is 2.33. The van der Waals surface area contributed by atoms with Gasteiger partial charge in [0.25, 0.3) is 0 Å². The minimum atomic E-state index is 0.708. The molecule has 0 saturated carbocycles. The lowest BCUT2D eigenvalue weighted by Gasteiger charge is -2.14. The first-order valence-electron chi connectivity index (χ1n) is 42.5. The maximum Gasteiger partial charge on any atom is 0.234 e. The molecule has 8 heteroatoms. The van der Waals surface area contributed by atoms with Crippen molar-refractivity contribution in [3.63, 3.8) is 0 Å². The Hall–Kier alpha value is -16.2. The van der Waals surface area contributed by atoms with Crippen molar-refractivity contribution in [3.05, 3.63) is 436 Å². The van der Waals surface area contributed by atoms with Crippen LogP contribution in [0.4, 0.5) is 0 Å². The number of hydrogen-bond acceptors (Lipinski definition) is 4. The zero-order valence-corrected chi connectivity index (χ0v) is 68.8. The van der Waals surface area contributed by atoms with Gasteiger partial charge in [-0.25, -0.2) is 19.9 Å². The quantitative estimate of drug-likeness (QED) is 0.166. The van der Waals surface area contributed by atoms with Crippen LogP contribution >= 0.6 is 0 Å². The van der Waals surface area contributed by atoms with E-state index in [2.05, 4.69) is 431 Å². The Morgan fingerprint density at radius 3 is 0.855 bits per heavy atom. The van der Waals surface area contributed by atoms with Gasteiger partial charge in [0.05, 0.1) is 27.8 Å². The van der Waals surface area contributed by atoms with Crippen molar-refractivity contribution in [2.45, 2.75) is 27.7 Å². The van der Waals surface area contributed by atoms with Crippen LogP contribution in [-0.2, 0) is 0 Å². The van der Waals surface area contributed by atoms with Crippen LogP contribution in [0.2, 0.25) is 0 Å². The van der Waals surface area contributed by atoms with E-state index in [4.69, 9.17) is 4.98 Å². The largest absolute Gasteiger partial charge is 0.313 e. The zero-order valence-electron chi connectivity index (χ0n) is 68.8. The number of rotatable bonds is 6. The lowest BCUT2D eigenvalue weighted by molar-refractivity contribution is 0.929. The number of aromatic nitrogens is 8. The normalized spacial score (nSPS) is 11.7.